The number of hydrogen-bond donors (Lipinski definition) is 1. The molecular weight excluding hydrogens is 196 g/mol. The molecule has 0 amide bonds. The average molecular weight is 218 g/mol. The second-order valence-electron chi connectivity index (χ2n) is 5.03. The Balaban J connectivity index is 2.18. The molecule has 1 aromatic carbocycles. The number of anilines is 1. The van der Waals surface area contributed by atoms with Crippen LogP contribution in [-0.2, 0) is 12.8 Å². The Morgan fingerprint density at radius 1 is 1.44 bits per heavy atom. The first-order valence-electron chi connectivity index (χ1n) is 6.23. The first kappa shape index (κ1) is 11.5. The maximum atomic E-state index is 5.67. The SMILES string of the molecule is CC(CN)Cc1ccc2c(c1)CCCN2C. The minimum atomic E-state index is 0.583. The van der Waals surface area contributed by atoms with Crippen LogP contribution in [0.15, 0.2) is 18.2 Å². The third-order valence-electron chi connectivity index (χ3n) is 3.48. The van der Waals surface area contributed by atoms with Crippen molar-refractivity contribution >= 4 is 5.69 Å². The minimum Gasteiger partial charge on any atom is -0.374 e. The van der Waals surface area contributed by atoms with E-state index >= 15 is 0 Å². The van der Waals surface area contributed by atoms with Crippen molar-refractivity contribution in [3.8, 4) is 0 Å². The van der Waals surface area contributed by atoms with Crippen molar-refractivity contribution in [2.45, 2.75) is 26.2 Å². The second kappa shape index (κ2) is 4.88. The lowest BCUT2D eigenvalue weighted by molar-refractivity contribution is 0.592. The fourth-order valence-corrected chi connectivity index (χ4v) is 2.45. The predicted molar refractivity (Wildman–Crippen MR) is 70.0 cm³/mol. The number of fused-ring (bicyclic) bond motifs is 1. The summed E-state index contributed by atoms with van der Waals surface area (Å²) in [5.41, 5.74) is 10.0. The molecule has 16 heavy (non-hydrogen) atoms. The summed E-state index contributed by atoms with van der Waals surface area (Å²) in [6.07, 6.45) is 3.61. The van der Waals surface area contributed by atoms with E-state index in [4.69, 9.17) is 5.73 Å². The molecule has 2 heteroatoms. The van der Waals surface area contributed by atoms with E-state index in [1.807, 2.05) is 0 Å². The smallest absolute Gasteiger partial charge is 0.0396 e. The van der Waals surface area contributed by atoms with Crippen LogP contribution in [0.3, 0.4) is 0 Å². The van der Waals surface area contributed by atoms with Gasteiger partial charge in [0, 0.05) is 19.3 Å². The molecule has 1 unspecified atom stereocenters. The van der Waals surface area contributed by atoms with Gasteiger partial charge in [-0.25, -0.2) is 0 Å². The van der Waals surface area contributed by atoms with Crippen molar-refractivity contribution in [1.29, 1.82) is 0 Å². The summed E-state index contributed by atoms with van der Waals surface area (Å²) in [6.45, 7) is 4.17. The summed E-state index contributed by atoms with van der Waals surface area (Å²) >= 11 is 0. The molecule has 1 aliphatic rings. The van der Waals surface area contributed by atoms with Crippen LogP contribution in [0, 0.1) is 5.92 Å². The maximum Gasteiger partial charge on any atom is 0.0396 e. The minimum absolute atomic E-state index is 0.583. The van der Waals surface area contributed by atoms with Crippen LogP contribution in [-0.4, -0.2) is 20.1 Å². The number of rotatable bonds is 3. The summed E-state index contributed by atoms with van der Waals surface area (Å²) in [6, 6.07) is 6.90. The van der Waals surface area contributed by atoms with E-state index < -0.39 is 0 Å². The monoisotopic (exact) mass is 218 g/mol. The van der Waals surface area contributed by atoms with Crippen molar-refractivity contribution < 1.29 is 0 Å². The fraction of sp³-hybridized carbons (Fsp3) is 0.571. The maximum absolute atomic E-state index is 5.67. The molecule has 2 N–H and O–H groups in total. The number of nitrogens with two attached hydrogens (primary N) is 1. The van der Waals surface area contributed by atoms with Gasteiger partial charge in [-0.2, -0.15) is 0 Å². The van der Waals surface area contributed by atoms with Gasteiger partial charge in [0.2, 0.25) is 0 Å². The normalized spacial score (nSPS) is 17.1. The topological polar surface area (TPSA) is 29.3 Å². The molecule has 0 saturated heterocycles. The van der Waals surface area contributed by atoms with E-state index in [0.29, 0.717) is 5.92 Å². The largest absolute Gasteiger partial charge is 0.374 e. The van der Waals surface area contributed by atoms with E-state index in [1.165, 1.54) is 36.2 Å². The Morgan fingerprint density at radius 2 is 2.25 bits per heavy atom. The van der Waals surface area contributed by atoms with Gasteiger partial charge in [-0.05, 0) is 48.9 Å². The van der Waals surface area contributed by atoms with Crippen LogP contribution < -0.4 is 10.6 Å². The van der Waals surface area contributed by atoms with Crippen molar-refractivity contribution in [3.63, 3.8) is 0 Å². The quantitative estimate of drug-likeness (QED) is 0.843. The zero-order chi connectivity index (χ0) is 11.5. The second-order valence-corrected chi connectivity index (χ2v) is 5.03. The molecule has 0 fully saturated rings. The molecular formula is C14H22N2. The molecule has 0 aromatic heterocycles. The van der Waals surface area contributed by atoms with Gasteiger partial charge >= 0.3 is 0 Å². The van der Waals surface area contributed by atoms with Crippen LogP contribution >= 0.6 is 0 Å². The Hall–Kier alpha value is -1.02. The van der Waals surface area contributed by atoms with Crippen LogP contribution in [0.5, 0.6) is 0 Å². The highest BCUT2D eigenvalue weighted by Crippen LogP contribution is 2.27. The molecule has 0 aliphatic carbocycles. The predicted octanol–water partition coefficient (Wildman–Crippen LogP) is 2.21. The molecule has 1 aliphatic heterocycles. The summed E-state index contributed by atoms with van der Waals surface area (Å²) in [4.78, 5) is 2.36. The van der Waals surface area contributed by atoms with Gasteiger partial charge in [0.15, 0.2) is 0 Å². The molecule has 1 heterocycles. The van der Waals surface area contributed by atoms with Gasteiger partial charge in [0.25, 0.3) is 0 Å². The van der Waals surface area contributed by atoms with Gasteiger partial charge in [0.05, 0.1) is 0 Å². The van der Waals surface area contributed by atoms with Crippen molar-refractivity contribution in [2.75, 3.05) is 25.0 Å². The van der Waals surface area contributed by atoms with Gasteiger partial charge in [0.1, 0.15) is 0 Å². The van der Waals surface area contributed by atoms with Gasteiger partial charge < -0.3 is 10.6 Å². The van der Waals surface area contributed by atoms with Gasteiger partial charge in [-0.1, -0.05) is 19.1 Å². The van der Waals surface area contributed by atoms with E-state index in [-0.39, 0.29) is 0 Å². The molecule has 0 radical (unpaired) electrons. The molecule has 2 rings (SSSR count). The van der Waals surface area contributed by atoms with Crippen molar-refractivity contribution in [2.24, 2.45) is 11.7 Å². The Kier molecular flexibility index (Phi) is 3.49. The highest BCUT2D eigenvalue weighted by molar-refractivity contribution is 5.56. The summed E-state index contributed by atoms with van der Waals surface area (Å²) in [7, 11) is 2.18. The van der Waals surface area contributed by atoms with E-state index in [1.54, 1.807) is 0 Å². The lowest BCUT2D eigenvalue weighted by Crippen LogP contribution is -2.24. The number of benzene rings is 1. The van der Waals surface area contributed by atoms with Crippen molar-refractivity contribution in [1.82, 2.24) is 0 Å². The van der Waals surface area contributed by atoms with Crippen LogP contribution in [0.1, 0.15) is 24.5 Å². The number of hydrogen-bond acceptors (Lipinski definition) is 2. The summed E-state index contributed by atoms with van der Waals surface area (Å²) in [5.74, 6) is 0.583. The van der Waals surface area contributed by atoms with Crippen LogP contribution in [0.2, 0.25) is 0 Å². The zero-order valence-electron chi connectivity index (χ0n) is 10.4. The Morgan fingerprint density at radius 3 is 3.00 bits per heavy atom. The number of aryl methyl sites for hydroxylation is 1. The Labute approximate surface area is 98.4 Å². The average Bonchev–Trinajstić information content (AvgIpc) is 2.29. The molecule has 1 atom stereocenters. The fourth-order valence-electron chi connectivity index (χ4n) is 2.45. The number of nitrogens with zero attached hydrogens (tertiary/aromatic N) is 1. The molecule has 0 bridgehead atoms. The van der Waals surface area contributed by atoms with Crippen LogP contribution in [0.25, 0.3) is 0 Å². The Bertz CT molecular complexity index is 360. The van der Waals surface area contributed by atoms with Gasteiger partial charge in [-0.15, -0.1) is 0 Å². The molecule has 0 spiro atoms. The van der Waals surface area contributed by atoms with E-state index in [9.17, 15) is 0 Å². The first-order valence-corrected chi connectivity index (χ1v) is 6.23. The zero-order valence-corrected chi connectivity index (χ0v) is 10.4. The standard InChI is InChI=1S/C14H22N2/c1-11(10-15)8-12-5-6-14-13(9-12)4-3-7-16(14)2/h5-6,9,11H,3-4,7-8,10,15H2,1-2H3. The van der Waals surface area contributed by atoms with Crippen molar-refractivity contribution in [3.05, 3.63) is 29.3 Å². The molecule has 0 saturated carbocycles. The summed E-state index contributed by atoms with van der Waals surface area (Å²) < 4.78 is 0. The summed E-state index contributed by atoms with van der Waals surface area (Å²) in [5, 5.41) is 0. The first-order chi connectivity index (χ1) is 7.70. The van der Waals surface area contributed by atoms with E-state index in [2.05, 4.69) is 37.1 Å². The highest BCUT2D eigenvalue weighted by Gasteiger charge is 2.14. The van der Waals surface area contributed by atoms with E-state index in [0.717, 1.165) is 13.0 Å². The molecule has 1 aromatic rings. The lowest BCUT2D eigenvalue weighted by Gasteiger charge is -2.28. The molecule has 88 valence electrons. The third-order valence-corrected chi connectivity index (χ3v) is 3.48. The van der Waals surface area contributed by atoms with Crippen LogP contribution in [0.4, 0.5) is 5.69 Å². The van der Waals surface area contributed by atoms with Gasteiger partial charge in [-0.3, -0.25) is 0 Å². The highest BCUT2D eigenvalue weighted by atomic mass is 15.1. The third kappa shape index (κ3) is 2.38. The lowest BCUT2D eigenvalue weighted by atomic mass is 9.95. The molecule has 2 nitrogen and oxygen atoms in total.